The Balaban J connectivity index is 3.91. The number of nitrogens with one attached hydrogen (secondary N) is 1. The molecular weight excluding hydrogens is 146 g/mol. The smallest absolute Gasteiger partial charge is 0.00921 e. The summed E-state index contributed by atoms with van der Waals surface area (Å²) in [6, 6.07) is 0.713. The van der Waals surface area contributed by atoms with E-state index in [4.69, 9.17) is 0 Å². The Labute approximate surface area is 77.9 Å². The molecule has 0 spiro atoms. The van der Waals surface area contributed by atoms with Gasteiger partial charge in [0.2, 0.25) is 0 Å². The van der Waals surface area contributed by atoms with Gasteiger partial charge in [-0.1, -0.05) is 40.5 Å². The van der Waals surface area contributed by atoms with Gasteiger partial charge in [0.15, 0.2) is 0 Å². The van der Waals surface area contributed by atoms with Gasteiger partial charge in [-0.2, -0.15) is 0 Å². The van der Waals surface area contributed by atoms with Crippen molar-refractivity contribution in [2.24, 2.45) is 11.8 Å². The second-order valence-corrected chi connectivity index (χ2v) is 3.93. The summed E-state index contributed by atoms with van der Waals surface area (Å²) in [5.41, 5.74) is 0. The summed E-state index contributed by atoms with van der Waals surface area (Å²) in [5.74, 6) is 1.65. The first-order valence-corrected chi connectivity index (χ1v) is 5.34. The van der Waals surface area contributed by atoms with Crippen LogP contribution in [0.1, 0.15) is 47.0 Å². The second kappa shape index (κ2) is 6.47. The van der Waals surface area contributed by atoms with Crippen molar-refractivity contribution in [2.75, 3.05) is 7.05 Å². The maximum Gasteiger partial charge on any atom is 0.00921 e. The molecule has 0 amide bonds. The molecule has 0 saturated heterocycles. The molecule has 0 aliphatic carbocycles. The average molecular weight is 171 g/mol. The Morgan fingerprint density at radius 1 is 1.17 bits per heavy atom. The molecule has 3 unspecified atom stereocenters. The maximum atomic E-state index is 3.42. The minimum Gasteiger partial charge on any atom is -0.317 e. The topological polar surface area (TPSA) is 12.0 Å². The van der Waals surface area contributed by atoms with Crippen molar-refractivity contribution in [2.45, 2.75) is 53.0 Å². The fourth-order valence-corrected chi connectivity index (χ4v) is 1.75. The Hall–Kier alpha value is -0.0400. The standard InChI is InChI=1S/C11H25N/c1-6-8-11(12-5)10(4)9(3)7-2/h9-12H,6-8H2,1-5H3. The first-order valence-electron chi connectivity index (χ1n) is 5.34. The van der Waals surface area contributed by atoms with Crippen molar-refractivity contribution in [1.29, 1.82) is 0 Å². The molecule has 0 aromatic rings. The average Bonchev–Trinajstić information content (AvgIpc) is 2.11. The zero-order valence-corrected chi connectivity index (χ0v) is 9.35. The molecule has 0 aromatic heterocycles. The highest BCUT2D eigenvalue weighted by molar-refractivity contribution is 4.74. The summed E-state index contributed by atoms with van der Waals surface area (Å²) in [6.07, 6.45) is 3.89. The summed E-state index contributed by atoms with van der Waals surface area (Å²) in [7, 11) is 2.08. The molecule has 0 aliphatic heterocycles. The van der Waals surface area contributed by atoms with Crippen LogP contribution in [0.15, 0.2) is 0 Å². The Bertz CT molecular complexity index is 101. The zero-order chi connectivity index (χ0) is 9.56. The van der Waals surface area contributed by atoms with Gasteiger partial charge in [0.25, 0.3) is 0 Å². The van der Waals surface area contributed by atoms with Crippen LogP contribution in [0, 0.1) is 11.8 Å². The largest absolute Gasteiger partial charge is 0.317 e. The lowest BCUT2D eigenvalue weighted by Gasteiger charge is -2.27. The first kappa shape index (κ1) is 12.0. The van der Waals surface area contributed by atoms with Crippen LogP contribution in [0.3, 0.4) is 0 Å². The quantitative estimate of drug-likeness (QED) is 0.647. The van der Waals surface area contributed by atoms with E-state index in [1.807, 2.05) is 0 Å². The van der Waals surface area contributed by atoms with E-state index in [0.29, 0.717) is 6.04 Å². The molecule has 1 heteroatoms. The third-order valence-corrected chi connectivity index (χ3v) is 3.15. The van der Waals surface area contributed by atoms with Crippen molar-refractivity contribution in [1.82, 2.24) is 5.32 Å². The van der Waals surface area contributed by atoms with Crippen LogP contribution < -0.4 is 5.32 Å². The molecule has 0 fully saturated rings. The van der Waals surface area contributed by atoms with Crippen molar-refractivity contribution < 1.29 is 0 Å². The summed E-state index contributed by atoms with van der Waals surface area (Å²) >= 11 is 0. The van der Waals surface area contributed by atoms with Crippen LogP contribution >= 0.6 is 0 Å². The third-order valence-electron chi connectivity index (χ3n) is 3.15. The molecule has 0 heterocycles. The van der Waals surface area contributed by atoms with Crippen LogP contribution in [-0.4, -0.2) is 13.1 Å². The third kappa shape index (κ3) is 3.57. The van der Waals surface area contributed by atoms with Crippen molar-refractivity contribution in [3.63, 3.8) is 0 Å². The number of hydrogen-bond acceptors (Lipinski definition) is 1. The monoisotopic (exact) mass is 171 g/mol. The Morgan fingerprint density at radius 3 is 2.08 bits per heavy atom. The predicted octanol–water partition coefficient (Wildman–Crippen LogP) is 3.06. The van der Waals surface area contributed by atoms with Crippen LogP contribution in [0.2, 0.25) is 0 Å². The molecule has 3 atom stereocenters. The van der Waals surface area contributed by atoms with E-state index in [9.17, 15) is 0 Å². The van der Waals surface area contributed by atoms with Gasteiger partial charge in [-0.3, -0.25) is 0 Å². The van der Waals surface area contributed by atoms with Gasteiger partial charge < -0.3 is 5.32 Å². The van der Waals surface area contributed by atoms with Crippen molar-refractivity contribution in [3.05, 3.63) is 0 Å². The Kier molecular flexibility index (Phi) is 6.45. The lowest BCUT2D eigenvalue weighted by molar-refractivity contribution is 0.275. The molecular formula is C11H25N. The lowest BCUT2D eigenvalue weighted by Crippen LogP contribution is -2.35. The molecule has 1 N–H and O–H groups in total. The van der Waals surface area contributed by atoms with E-state index in [2.05, 4.69) is 40.1 Å². The Morgan fingerprint density at radius 2 is 1.75 bits per heavy atom. The van der Waals surface area contributed by atoms with E-state index in [0.717, 1.165) is 11.8 Å². The number of hydrogen-bond donors (Lipinski definition) is 1. The van der Waals surface area contributed by atoms with Gasteiger partial charge in [-0.15, -0.1) is 0 Å². The first-order chi connectivity index (χ1) is 5.67. The van der Waals surface area contributed by atoms with E-state index in [-0.39, 0.29) is 0 Å². The minimum absolute atomic E-state index is 0.713. The van der Waals surface area contributed by atoms with Crippen LogP contribution in [0.25, 0.3) is 0 Å². The van der Waals surface area contributed by atoms with Crippen LogP contribution in [0.5, 0.6) is 0 Å². The molecule has 0 aliphatic rings. The van der Waals surface area contributed by atoms with E-state index in [1.165, 1.54) is 19.3 Å². The fourth-order valence-electron chi connectivity index (χ4n) is 1.75. The van der Waals surface area contributed by atoms with Crippen LogP contribution in [0.4, 0.5) is 0 Å². The van der Waals surface area contributed by atoms with Gasteiger partial charge in [-0.05, 0) is 25.3 Å². The van der Waals surface area contributed by atoms with Crippen molar-refractivity contribution >= 4 is 0 Å². The van der Waals surface area contributed by atoms with Gasteiger partial charge in [-0.25, -0.2) is 0 Å². The van der Waals surface area contributed by atoms with E-state index >= 15 is 0 Å². The molecule has 0 rings (SSSR count). The summed E-state index contributed by atoms with van der Waals surface area (Å²) in [6.45, 7) is 9.25. The number of rotatable bonds is 6. The van der Waals surface area contributed by atoms with E-state index in [1.54, 1.807) is 0 Å². The molecule has 12 heavy (non-hydrogen) atoms. The van der Waals surface area contributed by atoms with Gasteiger partial charge in [0.1, 0.15) is 0 Å². The second-order valence-electron chi connectivity index (χ2n) is 3.93. The normalized spacial score (nSPS) is 18.8. The summed E-state index contributed by atoms with van der Waals surface area (Å²) in [5, 5.41) is 3.42. The summed E-state index contributed by atoms with van der Waals surface area (Å²) in [4.78, 5) is 0. The highest BCUT2D eigenvalue weighted by Gasteiger charge is 2.18. The highest BCUT2D eigenvalue weighted by atomic mass is 14.9. The van der Waals surface area contributed by atoms with Crippen LogP contribution in [-0.2, 0) is 0 Å². The molecule has 1 nitrogen and oxygen atoms in total. The van der Waals surface area contributed by atoms with E-state index < -0.39 is 0 Å². The van der Waals surface area contributed by atoms with Gasteiger partial charge in [0.05, 0.1) is 0 Å². The lowest BCUT2D eigenvalue weighted by atomic mass is 9.85. The van der Waals surface area contributed by atoms with Gasteiger partial charge in [0, 0.05) is 6.04 Å². The summed E-state index contributed by atoms with van der Waals surface area (Å²) < 4.78 is 0. The molecule has 0 aromatic carbocycles. The zero-order valence-electron chi connectivity index (χ0n) is 9.35. The molecule has 0 bridgehead atoms. The minimum atomic E-state index is 0.713. The molecule has 74 valence electrons. The molecule has 0 radical (unpaired) electrons. The van der Waals surface area contributed by atoms with Crippen molar-refractivity contribution in [3.8, 4) is 0 Å². The predicted molar refractivity (Wildman–Crippen MR) is 56.4 cm³/mol. The fraction of sp³-hybridized carbons (Fsp3) is 1.00. The molecule has 0 saturated carbocycles. The highest BCUT2D eigenvalue weighted by Crippen LogP contribution is 2.20. The maximum absolute atomic E-state index is 3.42. The SMILES string of the molecule is CCCC(NC)C(C)C(C)CC. The van der Waals surface area contributed by atoms with Gasteiger partial charge >= 0.3 is 0 Å².